The summed E-state index contributed by atoms with van der Waals surface area (Å²) in [5, 5.41) is 3.96. The van der Waals surface area contributed by atoms with Crippen LogP contribution in [-0.4, -0.2) is 9.97 Å². The summed E-state index contributed by atoms with van der Waals surface area (Å²) < 4.78 is 12.9. The zero-order chi connectivity index (χ0) is 37.0. The molecule has 0 radical (unpaired) electrons. The van der Waals surface area contributed by atoms with Crippen molar-refractivity contribution in [2.75, 3.05) is 0 Å². The van der Waals surface area contributed by atoms with Gasteiger partial charge in [-0.25, -0.2) is 4.98 Å². The maximum atomic E-state index is 6.52. The minimum atomic E-state index is 0.541. The van der Waals surface area contributed by atoms with Crippen LogP contribution in [0.2, 0.25) is 0 Å². The molecule has 11 aromatic rings. The summed E-state index contributed by atoms with van der Waals surface area (Å²) in [6.45, 7) is 0. The van der Waals surface area contributed by atoms with E-state index in [9.17, 15) is 0 Å². The summed E-state index contributed by atoms with van der Waals surface area (Å²) >= 11 is 0. The van der Waals surface area contributed by atoms with Gasteiger partial charge in [0.2, 0.25) is 5.71 Å². The molecule has 0 aliphatic heterocycles. The second kappa shape index (κ2) is 13.1. The maximum Gasteiger partial charge on any atom is 0.231 e. The Bertz CT molecular complexity index is 3190. The molecule has 4 heteroatoms. The third-order valence-corrected chi connectivity index (χ3v) is 10.7. The summed E-state index contributed by atoms with van der Waals surface area (Å²) in [4.78, 5) is 10.4. The van der Waals surface area contributed by atoms with Crippen molar-refractivity contribution in [2.24, 2.45) is 0 Å². The number of nitrogens with zero attached hydrogens (tertiary/aromatic N) is 2. The number of para-hydroxylation sites is 3. The van der Waals surface area contributed by atoms with Gasteiger partial charge in [0.15, 0.2) is 5.82 Å². The average molecular weight is 717 g/mol. The molecule has 0 spiro atoms. The topological polar surface area (TPSA) is 52.1 Å². The molecule has 0 aliphatic carbocycles. The van der Waals surface area contributed by atoms with Crippen LogP contribution < -0.4 is 0 Å². The fourth-order valence-corrected chi connectivity index (χ4v) is 7.99. The second-order valence-corrected chi connectivity index (χ2v) is 14.1. The zero-order valence-corrected chi connectivity index (χ0v) is 30.2. The highest BCUT2D eigenvalue weighted by atomic mass is 16.3. The van der Waals surface area contributed by atoms with Crippen LogP contribution in [0.25, 0.3) is 111 Å². The molecule has 0 amide bonds. The fraction of sp³-hybridized carbons (Fsp3) is 0. The molecule has 8 aromatic carbocycles. The Labute approximate surface area is 323 Å². The van der Waals surface area contributed by atoms with Gasteiger partial charge in [-0.3, -0.25) is 0 Å². The lowest BCUT2D eigenvalue weighted by Gasteiger charge is -2.13. The predicted molar refractivity (Wildman–Crippen MR) is 229 cm³/mol. The van der Waals surface area contributed by atoms with Gasteiger partial charge in [-0.2, -0.15) is 4.98 Å². The van der Waals surface area contributed by atoms with Gasteiger partial charge >= 0.3 is 0 Å². The van der Waals surface area contributed by atoms with Crippen LogP contribution in [0.3, 0.4) is 0 Å². The predicted octanol–water partition coefficient (Wildman–Crippen LogP) is 14.3. The highest BCUT2D eigenvalue weighted by Gasteiger charge is 2.22. The third-order valence-electron chi connectivity index (χ3n) is 10.7. The quantitative estimate of drug-likeness (QED) is 0.172. The van der Waals surface area contributed by atoms with Crippen LogP contribution in [0.15, 0.2) is 203 Å². The zero-order valence-electron chi connectivity index (χ0n) is 30.2. The molecular weight excluding hydrogens is 685 g/mol. The van der Waals surface area contributed by atoms with Gasteiger partial charge in [-0.05, 0) is 93.0 Å². The van der Waals surface area contributed by atoms with E-state index in [2.05, 4.69) is 158 Å². The minimum Gasteiger partial charge on any atom is -0.455 e. The first-order chi connectivity index (χ1) is 27.7. The van der Waals surface area contributed by atoms with Gasteiger partial charge in [-0.15, -0.1) is 0 Å². The molecule has 262 valence electrons. The van der Waals surface area contributed by atoms with Crippen LogP contribution in [0.1, 0.15) is 0 Å². The Morgan fingerprint density at radius 3 is 1.46 bits per heavy atom. The third kappa shape index (κ3) is 5.47. The largest absolute Gasteiger partial charge is 0.455 e. The van der Waals surface area contributed by atoms with E-state index in [0.717, 1.165) is 77.4 Å². The summed E-state index contributed by atoms with van der Waals surface area (Å²) in [5.41, 5.74) is 14.7. The Kier molecular flexibility index (Phi) is 7.46. The van der Waals surface area contributed by atoms with Crippen LogP contribution >= 0.6 is 0 Å². The summed E-state index contributed by atoms with van der Waals surface area (Å²) in [6, 6.07) is 67.7. The molecule has 0 N–H and O–H groups in total. The monoisotopic (exact) mass is 716 g/mol. The SMILES string of the molecule is c1ccc(-c2cc(-c3ccccc3)cc(-c3cccc(-c4cccc(-c5nc(-c6cccc7c6oc6ccccc67)c6c(n5)oc5ccccc56)c4)c3)c2)cc1. The standard InChI is InChI=1S/C52H32N2O2/c1-3-14-33(15-4-1)39-30-40(34-16-5-2-6-17-34)32-41(31-39)37-20-11-18-35(28-37)36-19-12-21-38(29-36)51-53-49(48-44-23-8-10-27-47(44)56-52(48)54-51)45-25-13-24-43-42-22-7-9-26-46(42)55-50(43)45/h1-32H. The molecule has 0 atom stereocenters. The van der Waals surface area contributed by atoms with E-state index >= 15 is 0 Å². The van der Waals surface area contributed by atoms with Crippen LogP contribution in [0, 0.1) is 0 Å². The van der Waals surface area contributed by atoms with Crippen molar-refractivity contribution in [1.82, 2.24) is 9.97 Å². The minimum absolute atomic E-state index is 0.541. The van der Waals surface area contributed by atoms with Crippen LogP contribution in [0.4, 0.5) is 0 Å². The van der Waals surface area contributed by atoms with Crippen molar-refractivity contribution < 1.29 is 8.83 Å². The van der Waals surface area contributed by atoms with Gasteiger partial charge in [0, 0.05) is 27.3 Å². The summed E-state index contributed by atoms with van der Waals surface area (Å²) in [6.07, 6.45) is 0. The lowest BCUT2D eigenvalue weighted by atomic mass is 9.92. The number of furan rings is 2. The smallest absolute Gasteiger partial charge is 0.231 e. The van der Waals surface area contributed by atoms with Crippen LogP contribution in [0.5, 0.6) is 0 Å². The molecule has 56 heavy (non-hydrogen) atoms. The number of hydrogen-bond acceptors (Lipinski definition) is 4. The maximum absolute atomic E-state index is 6.52. The number of hydrogen-bond donors (Lipinski definition) is 0. The average Bonchev–Trinajstić information content (AvgIpc) is 3.85. The van der Waals surface area contributed by atoms with Crippen molar-refractivity contribution in [2.45, 2.75) is 0 Å². The second-order valence-electron chi connectivity index (χ2n) is 14.1. The molecule has 11 rings (SSSR count). The normalized spacial score (nSPS) is 11.6. The lowest BCUT2D eigenvalue weighted by Crippen LogP contribution is -1.94. The summed E-state index contributed by atoms with van der Waals surface area (Å²) in [5.74, 6) is 0.584. The van der Waals surface area contributed by atoms with E-state index in [1.165, 1.54) is 22.3 Å². The van der Waals surface area contributed by atoms with E-state index in [1.807, 2.05) is 36.4 Å². The van der Waals surface area contributed by atoms with Crippen molar-refractivity contribution >= 4 is 44.0 Å². The number of aromatic nitrogens is 2. The molecule has 0 aliphatic rings. The molecule has 4 nitrogen and oxygen atoms in total. The van der Waals surface area contributed by atoms with Gasteiger partial charge < -0.3 is 8.83 Å². The molecule has 0 saturated carbocycles. The van der Waals surface area contributed by atoms with Crippen molar-refractivity contribution in [3.05, 3.63) is 194 Å². The molecule has 3 aromatic heterocycles. The molecule has 3 heterocycles. The first-order valence-electron chi connectivity index (χ1n) is 18.8. The molecule has 0 saturated heterocycles. The molecule has 0 unspecified atom stereocenters. The van der Waals surface area contributed by atoms with Crippen molar-refractivity contribution in [1.29, 1.82) is 0 Å². The number of fused-ring (bicyclic) bond motifs is 6. The van der Waals surface area contributed by atoms with Crippen LogP contribution in [-0.2, 0) is 0 Å². The highest BCUT2D eigenvalue weighted by Crippen LogP contribution is 2.42. The van der Waals surface area contributed by atoms with E-state index in [0.29, 0.717) is 11.5 Å². The Hall–Kier alpha value is -7.56. The molecule has 0 fully saturated rings. The number of benzene rings is 8. The Balaban J connectivity index is 1.05. The van der Waals surface area contributed by atoms with Crippen molar-refractivity contribution in [3.8, 4) is 67.2 Å². The van der Waals surface area contributed by atoms with Gasteiger partial charge in [0.1, 0.15) is 16.7 Å². The Morgan fingerprint density at radius 1 is 0.321 bits per heavy atom. The molecular formula is C52H32N2O2. The highest BCUT2D eigenvalue weighted by molar-refractivity contribution is 6.16. The first kappa shape index (κ1) is 31.9. The van der Waals surface area contributed by atoms with Crippen molar-refractivity contribution in [3.63, 3.8) is 0 Å². The van der Waals surface area contributed by atoms with E-state index in [4.69, 9.17) is 18.8 Å². The summed E-state index contributed by atoms with van der Waals surface area (Å²) in [7, 11) is 0. The van der Waals surface area contributed by atoms with E-state index in [1.54, 1.807) is 0 Å². The van der Waals surface area contributed by atoms with Gasteiger partial charge in [-0.1, -0.05) is 146 Å². The first-order valence-corrected chi connectivity index (χ1v) is 18.8. The van der Waals surface area contributed by atoms with E-state index < -0.39 is 0 Å². The lowest BCUT2D eigenvalue weighted by molar-refractivity contribution is 0.653. The fourth-order valence-electron chi connectivity index (χ4n) is 7.99. The Morgan fingerprint density at radius 2 is 0.786 bits per heavy atom. The van der Waals surface area contributed by atoms with Gasteiger partial charge in [0.05, 0.1) is 11.1 Å². The molecule has 0 bridgehead atoms. The van der Waals surface area contributed by atoms with E-state index in [-0.39, 0.29) is 0 Å². The van der Waals surface area contributed by atoms with Gasteiger partial charge in [0.25, 0.3) is 0 Å². The number of rotatable bonds is 6.